The molecular weight excluding hydrogens is 410 g/mol. The first-order valence-electron chi connectivity index (χ1n) is 12.1. The molecule has 6 nitrogen and oxygen atoms in total. The summed E-state index contributed by atoms with van der Waals surface area (Å²) < 4.78 is 0. The standard InChI is InChI=1S/C17H33N3O3S.C7H14/c1-3-14(4-2)7-5-10-19-16(22)8-6-12-24-13-17(23)20-11-9-15(18)21;1-7(2)5-3-4-6-7/h14H,3-13H2,1-2H3,(H2,18,21)(H,19,22)(H,20,23);3-6H2,1-2H3. The van der Waals surface area contributed by atoms with E-state index in [1.165, 1.54) is 56.7 Å². The molecule has 0 radical (unpaired) electrons. The van der Waals surface area contributed by atoms with Crippen molar-refractivity contribution in [2.45, 2.75) is 98.3 Å². The Morgan fingerprint density at radius 3 is 2.06 bits per heavy atom. The third-order valence-corrected chi connectivity index (χ3v) is 6.89. The Kier molecular flexibility index (Phi) is 17.6. The third kappa shape index (κ3) is 19.2. The molecule has 0 unspecified atom stereocenters. The fourth-order valence-electron chi connectivity index (χ4n) is 3.61. The summed E-state index contributed by atoms with van der Waals surface area (Å²) in [6.45, 7) is 10.2. The number of nitrogens with two attached hydrogens (primary N) is 1. The molecule has 0 bridgehead atoms. The van der Waals surface area contributed by atoms with Crippen molar-refractivity contribution in [3.8, 4) is 0 Å². The van der Waals surface area contributed by atoms with Crippen LogP contribution in [0.15, 0.2) is 0 Å². The van der Waals surface area contributed by atoms with E-state index >= 15 is 0 Å². The molecule has 1 fully saturated rings. The molecule has 0 aliphatic heterocycles. The van der Waals surface area contributed by atoms with Crippen LogP contribution in [-0.4, -0.2) is 42.3 Å². The van der Waals surface area contributed by atoms with Crippen molar-refractivity contribution < 1.29 is 14.4 Å². The van der Waals surface area contributed by atoms with Crippen LogP contribution in [0.3, 0.4) is 0 Å². The topological polar surface area (TPSA) is 101 Å². The molecule has 31 heavy (non-hydrogen) atoms. The zero-order chi connectivity index (χ0) is 23.5. The minimum Gasteiger partial charge on any atom is -0.370 e. The van der Waals surface area contributed by atoms with Crippen molar-refractivity contribution in [2.24, 2.45) is 17.1 Å². The first-order valence-corrected chi connectivity index (χ1v) is 13.2. The minimum absolute atomic E-state index is 0.0889. The molecule has 0 spiro atoms. The highest BCUT2D eigenvalue weighted by Crippen LogP contribution is 2.36. The smallest absolute Gasteiger partial charge is 0.230 e. The van der Waals surface area contributed by atoms with Gasteiger partial charge in [0, 0.05) is 25.9 Å². The minimum atomic E-state index is -0.422. The Balaban J connectivity index is 0.00000107. The maximum Gasteiger partial charge on any atom is 0.230 e. The van der Waals surface area contributed by atoms with Crippen LogP contribution >= 0.6 is 11.8 Å². The predicted octanol–water partition coefficient (Wildman–Crippen LogP) is 4.41. The van der Waals surface area contributed by atoms with Crippen LogP contribution < -0.4 is 16.4 Å². The van der Waals surface area contributed by atoms with Crippen molar-refractivity contribution >= 4 is 29.5 Å². The summed E-state index contributed by atoms with van der Waals surface area (Å²) in [6.07, 6.45) is 11.9. The highest BCUT2D eigenvalue weighted by atomic mass is 32.2. The van der Waals surface area contributed by atoms with Crippen molar-refractivity contribution in [1.82, 2.24) is 10.6 Å². The van der Waals surface area contributed by atoms with E-state index in [4.69, 9.17) is 5.73 Å². The van der Waals surface area contributed by atoms with Crippen LogP contribution in [0.5, 0.6) is 0 Å². The van der Waals surface area contributed by atoms with E-state index in [9.17, 15) is 14.4 Å². The number of carbonyl (C=O) groups excluding carboxylic acids is 3. The number of hydrogen-bond acceptors (Lipinski definition) is 4. The maximum absolute atomic E-state index is 11.7. The summed E-state index contributed by atoms with van der Waals surface area (Å²) in [5, 5.41) is 5.58. The van der Waals surface area contributed by atoms with Gasteiger partial charge in [-0.1, -0.05) is 53.4 Å². The maximum atomic E-state index is 11.7. The van der Waals surface area contributed by atoms with Crippen LogP contribution in [-0.2, 0) is 14.4 Å². The second-order valence-corrected chi connectivity index (χ2v) is 10.4. The zero-order valence-corrected chi connectivity index (χ0v) is 21.2. The van der Waals surface area contributed by atoms with Gasteiger partial charge >= 0.3 is 0 Å². The third-order valence-electron chi connectivity index (χ3n) is 5.84. The molecule has 0 aromatic heterocycles. The number of nitrogens with one attached hydrogen (secondary N) is 2. The molecule has 0 heterocycles. The van der Waals surface area contributed by atoms with Gasteiger partial charge in [0.15, 0.2) is 0 Å². The SMILES string of the molecule is CC1(C)CCCC1.CCC(CC)CCCNC(=O)CCCSCC(=O)NCCC(N)=O. The van der Waals surface area contributed by atoms with Crippen LogP contribution in [0.2, 0.25) is 0 Å². The normalized spacial score (nSPS) is 14.6. The molecule has 1 aliphatic rings. The molecule has 0 aromatic rings. The average molecular weight is 458 g/mol. The van der Waals surface area contributed by atoms with Gasteiger partial charge < -0.3 is 16.4 Å². The fourth-order valence-corrected chi connectivity index (χ4v) is 4.39. The van der Waals surface area contributed by atoms with Gasteiger partial charge in [-0.05, 0) is 49.2 Å². The lowest BCUT2D eigenvalue weighted by molar-refractivity contribution is -0.121. The number of amides is 3. The monoisotopic (exact) mass is 457 g/mol. The molecule has 1 aliphatic carbocycles. The highest BCUT2D eigenvalue weighted by molar-refractivity contribution is 7.99. The largest absolute Gasteiger partial charge is 0.370 e. The lowest BCUT2D eigenvalue weighted by atomic mass is 9.92. The quantitative estimate of drug-likeness (QED) is 0.317. The summed E-state index contributed by atoms with van der Waals surface area (Å²) in [7, 11) is 0. The van der Waals surface area contributed by atoms with E-state index in [1.807, 2.05) is 0 Å². The van der Waals surface area contributed by atoms with E-state index in [-0.39, 0.29) is 24.8 Å². The second-order valence-electron chi connectivity index (χ2n) is 9.27. The summed E-state index contributed by atoms with van der Waals surface area (Å²) in [4.78, 5) is 33.7. The first kappa shape index (κ1) is 29.8. The average Bonchev–Trinajstić information content (AvgIpc) is 3.12. The van der Waals surface area contributed by atoms with Crippen molar-refractivity contribution in [3.63, 3.8) is 0 Å². The lowest BCUT2D eigenvalue weighted by Crippen LogP contribution is -2.29. The molecule has 1 saturated carbocycles. The van der Waals surface area contributed by atoms with Gasteiger partial charge in [-0.25, -0.2) is 0 Å². The van der Waals surface area contributed by atoms with Crippen LogP contribution in [0.25, 0.3) is 0 Å². The molecular formula is C24H47N3O3S. The summed E-state index contributed by atoms with van der Waals surface area (Å²) >= 11 is 1.49. The van der Waals surface area contributed by atoms with Crippen LogP contribution in [0.1, 0.15) is 98.3 Å². The van der Waals surface area contributed by atoms with Gasteiger partial charge in [0.25, 0.3) is 0 Å². The number of rotatable bonds is 15. The Morgan fingerprint density at radius 2 is 1.55 bits per heavy atom. The van der Waals surface area contributed by atoms with Crippen molar-refractivity contribution in [2.75, 3.05) is 24.6 Å². The van der Waals surface area contributed by atoms with Crippen molar-refractivity contribution in [1.29, 1.82) is 0 Å². The van der Waals surface area contributed by atoms with Crippen molar-refractivity contribution in [3.05, 3.63) is 0 Å². The summed E-state index contributed by atoms with van der Waals surface area (Å²) in [5.41, 5.74) is 5.68. The van der Waals surface area contributed by atoms with Crippen LogP contribution in [0, 0.1) is 11.3 Å². The number of primary amides is 1. The molecule has 3 amide bonds. The zero-order valence-electron chi connectivity index (χ0n) is 20.4. The number of carbonyl (C=O) groups is 3. The van der Waals surface area contributed by atoms with E-state index < -0.39 is 5.91 Å². The highest BCUT2D eigenvalue weighted by Gasteiger charge is 2.21. The molecule has 7 heteroatoms. The van der Waals surface area contributed by atoms with Gasteiger partial charge in [0.05, 0.1) is 5.75 Å². The first-order chi connectivity index (χ1) is 14.7. The summed E-state index contributed by atoms with van der Waals surface area (Å²) in [5.74, 6) is 1.44. The molecule has 182 valence electrons. The number of hydrogen-bond donors (Lipinski definition) is 3. The Morgan fingerprint density at radius 1 is 0.935 bits per heavy atom. The fraction of sp³-hybridized carbons (Fsp3) is 0.875. The van der Waals surface area contributed by atoms with E-state index in [0.29, 0.717) is 17.6 Å². The van der Waals surface area contributed by atoms with E-state index in [1.54, 1.807) is 0 Å². The summed E-state index contributed by atoms with van der Waals surface area (Å²) in [6, 6.07) is 0. The van der Waals surface area contributed by atoms with Crippen LogP contribution in [0.4, 0.5) is 0 Å². The molecule has 0 aromatic carbocycles. The molecule has 0 atom stereocenters. The van der Waals surface area contributed by atoms with Gasteiger partial charge in [0.1, 0.15) is 0 Å². The predicted molar refractivity (Wildman–Crippen MR) is 132 cm³/mol. The number of thioether (sulfide) groups is 1. The van der Waals surface area contributed by atoms with Gasteiger partial charge in [-0.2, -0.15) is 11.8 Å². The Bertz CT molecular complexity index is 500. The van der Waals surface area contributed by atoms with E-state index in [0.717, 1.165) is 31.1 Å². The molecule has 4 N–H and O–H groups in total. The Labute approximate surface area is 194 Å². The van der Waals surface area contributed by atoms with E-state index in [2.05, 4.69) is 38.3 Å². The molecule has 0 saturated heterocycles. The Hall–Kier alpha value is -1.24. The van der Waals surface area contributed by atoms with Gasteiger partial charge in [-0.3, -0.25) is 14.4 Å². The molecule has 1 rings (SSSR count). The van der Waals surface area contributed by atoms with Gasteiger partial charge in [0.2, 0.25) is 17.7 Å². The lowest BCUT2D eigenvalue weighted by Gasteiger charge is -2.13. The second kappa shape index (κ2) is 18.3. The van der Waals surface area contributed by atoms with Gasteiger partial charge in [-0.15, -0.1) is 0 Å².